The molecule has 6 nitrogen and oxygen atoms in total. The Kier molecular flexibility index (Phi) is 8.57. The molecule has 186 valence electrons. The number of carbonyl (C=O) groups is 1. The van der Waals surface area contributed by atoms with Gasteiger partial charge in [-0.25, -0.2) is 8.42 Å². The zero-order valence-corrected chi connectivity index (χ0v) is 21.8. The van der Waals surface area contributed by atoms with E-state index < -0.39 is 10.0 Å². The summed E-state index contributed by atoms with van der Waals surface area (Å²) in [6, 6.07) is 21.9. The van der Waals surface area contributed by atoms with Gasteiger partial charge in [0.15, 0.2) is 0 Å². The Labute approximate surface area is 209 Å². The summed E-state index contributed by atoms with van der Waals surface area (Å²) in [5, 5.41) is 3.13. The van der Waals surface area contributed by atoms with Crippen molar-refractivity contribution in [2.75, 3.05) is 17.7 Å². The van der Waals surface area contributed by atoms with Crippen molar-refractivity contribution in [1.82, 2.24) is 5.32 Å². The van der Waals surface area contributed by atoms with Gasteiger partial charge in [-0.05, 0) is 72.4 Å². The van der Waals surface area contributed by atoms with E-state index in [0.29, 0.717) is 17.2 Å². The maximum atomic E-state index is 13.1. The van der Waals surface area contributed by atoms with Crippen molar-refractivity contribution in [2.24, 2.45) is 5.92 Å². The molecule has 1 atom stereocenters. The Balaban J connectivity index is 1.80. The molecule has 0 heterocycles. The Morgan fingerprint density at radius 1 is 0.971 bits per heavy atom. The Morgan fingerprint density at radius 3 is 2.14 bits per heavy atom. The van der Waals surface area contributed by atoms with Crippen molar-refractivity contribution in [3.8, 4) is 5.75 Å². The minimum atomic E-state index is -3.52. The van der Waals surface area contributed by atoms with E-state index in [4.69, 9.17) is 4.74 Å². The normalized spacial score (nSPS) is 12.3. The van der Waals surface area contributed by atoms with E-state index in [1.165, 1.54) is 10.6 Å². The molecule has 0 aliphatic rings. The van der Waals surface area contributed by atoms with E-state index in [2.05, 4.69) is 19.2 Å². The van der Waals surface area contributed by atoms with Gasteiger partial charge in [-0.2, -0.15) is 0 Å². The van der Waals surface area contributed by atoms with Gasteiger partial charge in [0.1, 0.15) is 5.75 Å². The first-order valence-electron chi connectivity index (χ1n) is 11.7. The molecule has 0 aromatic heterocycles. The van der Waals surface area contributed by atoms with E-state index >= 15 is 0 Å². The lowest BCUT2D eigenvalue weighted by molar-refractivity contribution is 0.0932. The largest absolute Gasteiger partial charge is 0.497 e. The second-order valence-corrected chi connectivity index (χ2v) is 11.1. The lowest BCUT2D eigenvalue weighted by atomic mass is 9.96. The SMILES string of the molecule is COc1ccc([C@@H](CC(C)C)NC(=O)c2ccc(N(Cc3ccccc3C)S(C)(=O)=O)cc2)cc1. The summed E-state index contributed by atoms with van der Waals surface area (Å²) in [5.74, 6) is 0.942. The summed E-state index contributed by atoms with van der Waals surface area (Å²) < 4.78 is 31.7. The zero-order chi connectivity index (χ0) is 25.6. The first-order valence-corrected chi connectivity index (χ1v) is 13.5. The molecule has 3 rings (SSSR count). The highest BCUT2D eigenvalue weighted by molar-refractivity contribution is 7.92. The van der Waals surface area contributed by atoms with Crippen molar-refractivity contribution in [3.63, 3.8) is 0 Å². The van der Waals surface area contributed by atoms with Gasteiger partial charge < -0.3 is 10.1 Å². The highest BCUT2D eigenvalue weighted by atomic mass is 32.2. The number of sulfonamides is 1. The minimum absolute atomic E-state index is 0.151. The number of hydrogen-bond acceptors (Lipinski definition) is 4. The number of benzene rings is 3. The van der Waals surface area contributed by atoms with Crippen LogP contribution in [-0.4, -0.2) is 27.7 Å². The number of nitrogens with one attached hydrogen (secondary N) is 1. The highest BCUT2D eigenvalue weighted by Crippen LogP contribution is 2.26. The van der Waals surface area contributed by atoms with E-state index in [1.807, 2.05) is 55.5 Å². The molecule has 7 heteroatoms. The number of aryl methyl sites for hydroxylation is 1. The summed E-state index contributed by atoms with van der Waals surface area (Å²) in [5.41, 5.74) is 3.94. The quantitative estimate of drug-likeness (QED) is 0.405. The average Bonchev–Trinajstić information content (AvgIpc) is 2.82. The van der Waals surface area contributed by atoms with Crippen molar-refractivity contribution in [1.29, 1.82) is 0 Å². The van der Waals surface area contributed by atoms with Crippen LogP contribution in [0.4, 0.5) is 5.69 Å². The van der Waals surface area contributed by atoms with Crippen LogP contribution in [0.25, 0.3) is 0 Å². The molecule has 0 radical (unpaired) electrons. The van der Waals surface area contributed by atoms with Crippen LogP contribution < -0.4 is 14.4 Å². The maximum Gasteiger partial charge on any atom is 0.251 e. The molecule has 0 saturated heterocycles. The predicted octanol–water partition coefficient (Wildman–Crippen LogP) is 5.49. The third-order valence-corrected chi connectivity index (χ3v) is 7.06. The molecule has 1 N–H and O–H groups in total. The van der Waals surface area contributed by atoms with E-state index in [1.54, 1.807) is 31.4 Å². The van der Waals surface area contributed by atoms with Gasteiger partial charge in [0.05, 0.1) is 31.6 Å². The maximum absolute atomic E-state index is 13.1. The van der Waals surface area contributed by atoms with Gasteiger partial charge in [0, 0.05) is 5.56 Å². The van der Waals surface area contributed by atoms with Crippen LogP contribution in [-0.2, 0) is 16.6 Å². The fraction of sp³-hybridized carbons (Fsp3) is 0.321. The molecule has 3 aromatic rings. The first kappa shape index (κ1) is 26.3. The van der Waals surface area contributed by atoms with Crippen molar-refractivity contribution in [3.05, 3.63) is 95.1 Å². The third-order valence-electron chi connectivity index (χ3n) is 5.92. The number of ether oxygens (including phenoxy) is 1. The number of methoxy groups -OCH3 is 1. The van der Waals surface area contributed by atoms with Crippen LogP contribution in [0.3, 0.4) is 0 Å². The zero-order valence-electron chi connectivity index (χ0n) is 21.0. The number of anilines is 1. The van der Waals surface area contributed by atoms with Crippen molar-refractivity contribution >= 4 is 21.6 Å². The number of amides is 1. The topological polar surface area (TPSA) is 75.7 Å². The predicted molar refractivity (Wildman–Crippen MR) is 141 cm³/mol. The van der Waals surface area contributed by atoms with Crippen molar-refractivity contribution in [2.45, 2.75) is 39.8 Å². The fourth-order valence-electron chi connectivity index (χ4n) is 3.95. The van der Waals surface area contributed by atoms with E-state index in [9.17, 15) is 13.2 Å². The first-order chi connectivity index (χ1) is 16.6. The van der Waals surface area contributed by atoms with Crippen LogP contribution in [0.5, 0.6) is 5.75 Å². The number of nitrogens with zero attached hydrogens (tertiary/aromatic N) is 1. The molecule has 0 aliphatic carbocycles. The summed E-state index contributed by atoms with van der Waals surface area (Å²) in [4.78, 5) is 13.1. The molecule has 0 spiro atoms. The lowest BCUT2D eigenvalue weighted by Crippen LogP contribution is -2.30. The summed E-state index contributed by atoms with van der Waals surface area (Å²) >= 11 is 0. The highest BCUT2D eigenvalue weighted by Gasteiger charge is 2.21. The number of carbonyl (C=O) groups excluding carboxylic acids is 1. The van der Waals surface area contributed by atoms with Crippen LogP contribution in [0.1, 0.15) is 53.4 Å². The number of rotatable bonds is 10. The second kappa shape index (κ2) is 11.4. The lowest BCUT2D eigenvalue weighted by Gasteiger charge is -2.24. The van der Waals surface area contributed by atoms with Crippen molar-refractivity contribution < 1.29 is 17.9 Å². The summed E-state index contributed by atoms with van der Waals surface area (Å²) in [7, 11) is -1.89. The molecule has 0 bridgehead atoms. The van der Waals surface area contributed by atoms with Gasteiger partial charge in [0.25, 0.3) is 5.91 Å². The molecule has 35 heavy (non-hydrogen) atoms. The Morgan fingerprint density at radius 2 is 1.60 bits per heavy atom. The van der Waals surface area contributed by atoms with Crippen LogP contribution in [0.15, 0.2) is 72.8 Å². The van der Waals surface area contributed by atoms with Gasteiger partial charge in [-0.15, -0.1) is 0 Å². The fourth-order valence-corrected chi connectivity index (χ4v) is 4.83. The molecule has 0 saturated carbocycles. The standard InChI is InChI=1S/C28H34N2O4S/c1-20(2)18-27(22-12-16-26(34-4)17-13-22)29-28(31)23-10-14-25(15-11-23)30(35(5,32)33)19-24-9-7-6-8-21(24)3/h6-17,20,27H,18-19H2,1-5H3,(H,29,31)/t27-/m1/s1. The molecule has 0 unspecified atom stereocenters. The van der Waals surface area contributed by atoms with Gasteiger partial charge in [0.2, 0.25) is 10.0 Å². The molecule has 1 amide bonds. The Hall–Kier alpha value is -3.32. The van der Waals surface area contributed by atoms with Crippen LogP contribution in [0, 0.1) is 12.8 Å². The van der Waals surface area contributed by atoms with Gasteiger partial charge in [-0.1, -0.05) is 50.2 Å². The van der Waals surface area contributed by atoms with E-state index in [0.717, 1.165) is 28.9 Å². The number of hydrogen-bond donors (Lipinski definition) is 1. The third kappa shape index (κ3) is 7.09. The molecular weight excluding hydrogens is 460 g/mol. The monoisotopic (exact) mass is 494 g/mol. The van der Waals surface area contributed by atoms with Crippen LogP contribution >= 0.6 is 0 Å². The van der Waals surface area contributed by atoms with Gasteiger partial charge >= 0.3 is 0 Å². The summed E-state index contributed by atoms with van der Waals surface area (Å²) in [6.07, 6.45) is 1.98. The van der Waals surface area contributed by atoms with Gasteiger partial charge in [-0.3, -0.25) is 9.10 Å². The molecule has 0 fully saturated rings. The molecule has 0 aliphatic heterocycles. The summed E-state index contributed by atoms with van der Waals surface area (Å²) in [6.45, 7) is 6.42. The average molecular weight is 495 g/mol. The Bertz CT molecular complexity index is 1240. The molecule has 3 aromatic carbocycles. The molecular formula is C28H34N2O4S. The second-order valence-electron chi connectivity index (χ2n) is 9.17. The van der Waals surface area contributed by atoms with Crippen LogP contribution in [0.2, 0.25) is 0 Å². The smallest absolute Gasteiger partial charge is 0.251 e. The minimum Gasteiger partial charge on any atom is -0.497 e. The van der Waals surface area contributed by atoms with E-state index in [-0.39, 0.29) is 18.5 Å².